The predicted molar refractivity (Wildman–Crippen MR) is 130 cm³/mol. The Labute approximate surface area is 209 Å². The Hall–Kier alpha value is -2.74. The van der Waals surface area contributed by atoms with Crippen molar-refractivity contribution >= 4 is 23.5 Å². The number of benzene rings is 2. The number of hydrogen-bond donors (Lipinski definition) is 1. The Morgan fingerprint density at radius 2 is 1.77 bits per heavy atom. The minimum Gasteiger partial charge on any atom is -0.340 e. The normalized spacial score (nSPS) is 16.8. The molecule has 1 fully saturated rings. The first-order valence-electron chi connectivity index (χ1n) is 11.7. The summed E-state index contributed by atoms with van der Waals surface area (Å²) in [5.74, 6) is -0.150. The highest BCUT2D eigenvalue weighted by Gasteiger charge is 2.37. The van der Waals surface area contributed by atoms with E-state index in [1.807, 2.05) is 19.1 Å². The monoisotopic (exact) mass is 509 g/mol. The SMILES string of the molecule is CC[C@H](NC(=O)N1CCCC1C(=O)N(C)Cc1ccc(Cl)cc1)c1c(C)cc(C(F)(F)F)cc1C. The van der Waals surface area contributed by atoms with Gasteiger partial charge in [-0.1, -0.05) is 30.7 Å². The Morgan fingerprint density at radius 3 is 2.31 bits per heavy atom. The van der Waals surface area contributed by atoms with Crippen LogP contribution >= 0.6 is 11.6 Å². The van der Waals surface area contributed by atoms with Gasteiger partial charge in [0.25, 0.3) is 0 Å². The number of aryl methyl sites for hydroxylation is 2. The Bertz CT molecular complexity index is 1050. The fourth-order valence-electron chi connectivity index (χ4n) is 4.76. The van der Waals surface area contributed by atoms with Gasteiger partial charge in [0, 0.05) is 25.2 Å². The second-order valence-corrected chi connectivity index (χ2v) is 9.54. The summed E-state index contributed by atoms with van der Waals surface area (Å²) in [5, 5.41) is 3.58. The van der Waals surface area contributed by atoms with Gasteiger partial charge in [0.2, 0.25) is 5.91 Å². The molecule has 1 aliphatic heterocycles. The Balaban J connectivity index is 1.73. The van der Waals surface area contributed by atoms with Gasteiger partial charge in [0.05, 0.1) is 11.6 Å². The van der Waals surface area contributed by atoms with Gasteiger partial charge in [-0.15, -0.1) is 0 Å². The quantitative estimate of drug-likeness (QED) is 0.499. The lowest BCUT2D eigenvalue weighted by Gasteiger charge is -2.30. The molecule has 3 rings (SSSR count). The summed E-state index contributed by atoms with van der Waals surface area (Å²) in [7, 11) is 1.70. The molecule has 0 radical (unpaired) electrons. The van der Waals surface area contributed by atoms with Crippen LogP contribution in [0.2, 0.25) is 5.02 Å². The van der Waals surface area contributed by atoms with Crippen molar-refractivity contribution < 1.29 is 22.8 Å². The molecular formula is C26H31ClF3N3O2. The summed E-state index contributed by atoms with van der Waals surface area (Å²) in [4.78, 5) is 29.5. The van der Waals surface area contributed by atoms with Crippen molar-refractivity contribution in [3.63, 3.8) is 0 Å². The lowest BCUT2D eigenvalue weighted by molar-refractivity contribution is -0.137. The van der Waals surface area contributed by atoms with Crippen molar-refractivity contribution in [2.75, 3.05) is 13.6 Å². The number of amides is 3. The van der Waals surface area contributed by atoms with Crippen molar-refractivity contribution in [2.45, 2.75) is 64.8 Å². The minimum absolute atomic E-state index is 0.150. The van der Waals surface area contributed by atoms with Crippen LogP contribution in [-0.4, -0.2) is 41.4 Å². The summed E-state index contributed by atoms with van der Waals surface area (Å²) in [6.45, 7) is 5.95. The first-order chi connectivity index (χ1) is 16.4. The van der Waals surface area contributed by atoms with E-state index in [0.29, 0.717) is 54.1 Å². The molecular weight excluding hydrogens is 479 g/mol. The highest BCUT2D eigenvalue weighted by molar-refractivity contribution is 6.30. The molecule has 190 valence electrons. The van der Waals surface area contributed by atoms with Gasteiger partial charge < -0.3 is 15.1 Å². The molecule has 5 nitrogen and oxygen atoms in total. The summed E-state index contributed by atoms with van der Waals surface area (Å²) in [6.07, 6.45) is -2.66. The molecule has 1 unspecified atom stereocenters. The van der Waals surface area contributed by atoms with Crippen LogP contribution in [0.5, 0.6) is 0 Å². The average molecular weight is 510 g/mol. The van der Waals surface area contributed by atoms with Crippen LogP contribution in [0.1, 0.15) is 60.0 Å². The molecule has 3 amide bonds. The van der Waals surface area contributed by atoms with E-state index in [9.17, 15) is 22.8 Å². The zero-order valence-corrected chi connectivity index (χ0v) is 21.1. The van der Waals surface area contributed by atoms with Crippen LogP contribution in [0.4, 0.5) is 18.0 Å². The molecule has 1 heterocycles. The van der Waals surface area contributed by atoms with Crippen molar-refractivity contribution in [1.29, 1.82) is 0 Å². The molecule has 1 saturated heterocycles. The fourth-order valence-corrected chi connectivity index (χ4v) is 4.89. The van der Waals surface area contributed by atoms with Gasteiger partial charge in [0.1, 0.15) is 6.04 Å². The molecule has 2 aromatic carbocycles. The van der Waals surface area contributed by atoms with Crippen LogP contribution in [0.3, 0.4) is 0 Å². The number of carbonyl (C=O) groups is 2. The summed E-state index contributed by atoms with van der Waals surface area (Å²) < 4.78 is 39.6. The van der Waals surface area contributed by atoms with Gasteiger partial charge in [-0.3, -0.25) is 4.79 Å². The maximum Gasteiger partial charge on any atom is 0.416 e. The van der Waals surface area contributed by atoms with E-state index in [4.69, 9.17) is 11.6 Å². The number of nitrogens with zero attached hydrogens (tertiary/aromatic N) is 2. The van der Waals surface area contributed by atoms with E-state index in [1.165, 1.54) is 4.90 Å². The number of halogens is 4. The number of rotatable bonds is 6. The number of likely N-dealkylation sites (N-methyl/N-ethyl adjacent to an activating group) is 1. The van der Waals surface area contributed by atoms with Crippen LogP contribution in [0.25, 0.3) is 0 Å². The third-order valence-corrected chi connectivity index (χ3v) is 6.74. The molecule has 1 aliphatic rings. The number of hydrogen-bond acceptors (Lipinski definition) is 2. The van der Waals surface area contributed by atoms with Crippen LogP contribution in [-0.2, 0) is 17.5 Å². The molecule has 2 aromatic rings. The van der Waals surface area contributed by atoms with Crippen LogP contribution in [0.15, 0.2) is 36.4 Å². The van der Waals surface area contributed by atoms with Crippen molar-refractivity contribution in [2.24, 2.45) is 0 Å². The number of nitrogens with one attached hydrogen (secondary N) is 1. The van der Waals surface area contributed by atoms with E-state index in [0.717, 1.165) is 17.7 Å². The smallest absolute Gasteiger partial charge is 0.340 e. The highest BCUT2D eigenvalue weighted by Crippen LogP contribution is 2.34. The van der Waals surface area contributed by atoms with E-state index in [-0.39, 0.29) is 11.9 Å². The lowest BCUT2D eigenvalue weighted by Crippen LogP contribution is -2.50. The maximum absolute atomic E-state index is 13.2. The fraction of sp³-hybridized carbons (Fsp3) is 0.462. The van der Waals surface area contributed by atoms with Crippen LogP contribution < -0.4 is 5.32 Å². The molecule has 9 heteroatoms. The third-order valence-electron chi connectivity index (χ3n) is 6.48. The number of likely N-dealkylation sites (tertiary alicyclic amines) is 1. The topological polar surface area (TPSA) is 52.7 Å². The zero-order chi connectivity index (χ0) is 25.9. The van der Waals surface area contributed by atoms with Gasteiger partial charge in [-0.2, -0.15) is 13.2 Å². The standard InChI is InChI=1S/C26H31ClF3N3O2/c1-5-21(23-16(2)13-19(14-17(23)3)26(28,29)30)31-25(35)33-12-6-7-22(33)24(34)32(4)15-18-8-10-20(27)11-9-18/h8-11,13-14,21-22H,5-7,12,15H2,1-4H3,(H,31,35)/t21-,22?/m0/s1. The van der Waals surface area contributed by atoms with Gasteiger partial charge in [-0.25, -0.2) is 4.79 Å². The molecule has 0 saturated carbocycles. The molecule has 2 atom stereocenters. The molecule has 0 aromatic heterocycles. The second kappa shape index (κ2) is 10.9. The Morgan fingerprint density at radius 1 is 1.17 bits per heavy atom. The van der Waals surface area contributed by atoms with Crippen LogP contribution in [0, 0.1) is 13.8 Å². The number of urea groups is 1. The predicted octanol–water partition coefficient (Wildman–Crippen LogP) is 6.26. The molecule has 0 bridgehead atoms. The highest BCUT2D eigenvalue weighted by atomic mass is 35.5. The van der Waals surface area contributed by atoms with Crippen molar-refractivity contribution in [1.82, 2.24) is 15.1 Å². The van der Waals surface area contributed by atoms with E-state index in [1.54, 1.807) is 37.9 Å². The lowest BCUT2D eigenvalue weighted by atomic mass is 9.92. The molecule has 0 spiro atoms. The summed E-state index contributed by atoms with van der Waals surface area (Å²) in [5.41, 5.74) is 1.85. The summed E-state index contributed by atoms with van der Waals surface area (Å²) >= 11 is 5.93. The second-order valence-electron chi connectivity index (χ2n) is 9.10. The zero-order valence-electron chi connectivity index (χ0n) is 20.4. The van der Waals surface area contributed by atoms with Gasteiger partial charge in [-0.05, 0) is 79.6 Å². The molecule has 35 heavy (non-hydrogen) atoms. The third kappa shape index (κ3) is 6.28. The van der Waals surface area contributed by atoms with Gasteiger partial charge >= 0.3 is 12.2 Å². The first-order valence-corrected chi connectivity index (χ1v) is 12.0. The van der Waals surface area contributed by atoms with E-state index in [2.05, 4.69) is 5.32 Å². The molecule has 0 aliphatic carbocycles. The average Bonchev–Trinajstić information content (AvgIpc) is 3.28. The Kier molecular flexibility index (Phi) is 8.36. The maximum atomic E-state index is 13.2. The van der Waals surface area contributed by atoms with Crippen molar-refractivity contribution in [3.8, 4) is 0 Å². The summed E-state index contributed by atoms with van der Waals surface area (Å²) in [6, 6.07) is 8.04. The van der Waals surface area contributed by atoms with Crippen molar-refractivity contribution in [3.05, 3.63) is 69.2 Å². The first kappa shape index (κ1) is 26.9. The van der Waals surface area contributed by atoms with E-state index < -0.39 is 23.8 Å². The molecule has 1 N–H and O–H groups in total. The minimum atomic E-state index is -4.43. The van der Waals surface area contributed by atoms with E-state index >= 15 is 0 Å². The van der Waals surface area contributed by atoms with Gasteiger partial charge in [0.15, 0.2) is 0 Å². The largest absolute Gasteiger partial charge is 0.416 e. The number of carbonyl (C=O) groups excluding carboxylic acids is 2. The number of alkyl halides is 3.